The second-order valence-corrected chi connectivity index (χ2v) is 8.19. The zero-order valence-corrected chi connectivity index (χ0v) is 17.4. The summed E-state index contributed by atoms with van der Waals surface area (Å²) < 4.78 is 39.1. The van der Waals surface area contributed by atoms with Gasteiger partial charge in [0.25, 0.3) is 0 Å². The Morgan fingerprint density at radius 2 is 1.58 bits per heavy atom. The second kappa shape index (κ2) is 8.43. The summed E-state index contributed by atoms with van der Waals surface area (Å²) in [7, 11) is 0. The van der Waals surface area contributed by atoms with Gasteiger partial charge in [-0.1, -0.05) is 65.4 Å². The molecule has 0 saturated heterocycles. The lowest BCUT2D eigenvalue weighted by Crippen LogP contribution is -2.09. The molecule has 0 radical (unpaired) electrons. The number of aromatic nitrogens is 1. The molecule has 4 rings (SSSR count). The van der Waals surface area contributed by atoms with Gasteiger partial charge in [-0.2, -0.15) is 18.2 Å². The first-order chi connectivity index (χ1) is 14.8. The minimum absolute atomic E-state index is 0.157. The monoisotopic (exact) mass is 440 g/mol. The normalized spacial score (nSPS) is 11.5. The summed E-state index contributed by atoms with van der Waals surface area (Å²) in [6.45, 7) is 2.00. The van der Waals surface area contributed by atoms with Crippen molar-refractivity contribution in [1.29, 1.82) is 0 Å². The summed E-state index contributed by atoms with van der Waals surface area (Å²) >= 11 is 1.25. The van der Waals surface area contributed by atoms with E-state index in [9.17, 15) is 18.3 Å². The van der Waals surface area contributed by atoms with Gasteiger partial charge in [0.05, 0.1) is 10.4 Å². The van der Waals surface area contributed by atoms with E-state index < -0.39 is 11.7 Å². The van der Waals surface area contributed by atoms with Crippen molar-refractivity contribution < 1.29 is 18.3 Å². The lowest BCUT2D eigenvalue weighted by atomic mass is 10.1. The van der Waals surface area contributed by atoms with Gasteiger partial charge in [0.15, 0.2) is 5.13 Å². The van der Waals surface area contributed by atoms with Crippen LogP contribution in [0.4, 0.5) is 29.7 Å². The van der Waals surface area contributed by atoms with Crippen LogP contribution in [0.5, 0.6) is 5.88 Å². The Balaban J connectivity index is 1.71. The SMILES string of the molecule is Cc1ccc(N(c2ccccc2)c2nc(O)c(Cc3cccc(C(F)(F)F)c3)s2)cc1. The standard InChI is InChI=1S/C24H19F3N2OS/c1-16-10-12-20(13-11-16)29(19-8-3-2-4-9-19)23-28-22(30)21(31-23)15-17-6-5-7-18(14-17)24(25,26)27/h2-14,30H,15H2,1H3. The minimum atomic E-state index is -4.41. The van der Waals surface area contributed by atoms with Crippen LogP contribution in [0.1, 0.15) is 21.6 Å². The van der Waals surface area contributed by atoms with Gasteiger partial charge in [-0.15, -0.1) is 0 Å². The summed E-state index contributed by atoms with van der Waals surface area (Å²) in [5.41, 5.74) is 2.60. The van der Waals surface area contributed by atoms with Gasteiger partial charge in [-0.3, -0.25) is 4.90 Å². The van der Waals surface area contributed by atoms with Gasteiger partial charge in [0.2, 0.25) is 5.88 Å². The van der Waals surface area contributed by atoms with Gasteiger partial charge in [-0.25, -0.2) is 0 Å². The van der Waals surface area contributed by atoms with Crippen molar-refractivity contribution in [3.63, 3.8) is 0 Å². The van der Waals surface area contributed by atoms with Crippen LogP contribution in [0, 0.1) is 6.92 Å². The van der Waals surface area contributed by atoms with Crippen LogP contribution < -0.4 is 4.90 Å². The Kier molecular flexibility index (Phi) is 5.69. The fraction of sp³-hybridized carbons (Fsp3) is 0.125. The molecular formula is C24H19F3N2OS. The highest BCUT2D eigenvalue weighted by molar-refractivity contribution is 7.16. The van der Waals surface area contributed by atoms with E-state index in [4.69, 9.17) is 0 Å². The van der Waals surface area contributed by atoms with Crippen molar-refractivity contribution in [3.8, 4) is 5.88 Å². The third kappa shape index (κ3) is 4.72. The number of halogens is 3. The molecule has 0 unspecified atom stereocenters. The Bertz CT molecular complexity index is 1170. The average molecular weight is 440 g/mol. The zero-order valence-electron chi connectivity index (χ0n) is 16.6. The van der Waals surface area contributed by atoms with Gasteiger partial charge in [-0.05, 0) is 42.8 Å². The van der Waals surface area contributed by atoms with E-state index in [1.807, 2.05) is 66.4 Å². The number of aryl methyl sites for hydroxylation is 1. The molecule has 0 amide bonds. The molecule has 7 heteroatoms. The van der Waals surface area contributed by atoms with E-state index in [2.05, 4.69) is 4.98 Å². The number of para-hydroxylation sites is 1. The lowest BCUT2D eigenvalue weighted by molar-refractivity contribution is -0.137. The van der Waals surface area contributed by atoms with Gasteiger partial charge in [0, 0.05) is 17.8 Å². The second-order valence-electron chi connectivity index (χ2n) is 7.12. The Morgan fingerprint density at radius 3 is 2.26 bits per heavy atom. The minimum Gasteiger partial charge on any atom is -0.492 e. The number of aromatic hydroxyl groups is 1. The number of hydrogen-bond acceptors (Lipinski definition) is 4. The summed E-state index contributed by atoms with van der Waals surface area (Å²) in [4.78, 5) is 6.75. The van der Waals surface area contributed by atoms with Gasteiger partial charge in [0.1, 0.15) is 0 Å². The van der Waals surface area contributed by atoms with Crippen LogP contribution in [0.15, 0.2) is 78.9 Å². The van der Waals surface area contributed by atoms with Crippen LogP contribution in [0.25, 0.3) is 0 Å². The van der Waals surface area contributed by atoms with Crippen LogP contribution in [-0.2, 0) is 12.6 Å². The number of thiazole rings is 1. The Morgan fingerprint density at radius 1 is 0.903 bits per heavy atom. The van der Waals surface area contributed by atoms with E-state index in [1.54, 1.807) is 6.07 Å². The average Bonchev–Trinajstić information content (AvgIpc) is 3.10. The fourth-order valence-corrected chi connectivity index (χ4v) is 4.26. The summed E-state index contributed by atoms with van der Waals surface area (Å²) in [5, 5.41) is 11.0. The van der Waals surface area contributed by atoms with Crippen LogP contribution in [0.3, 0.4) is 0 Å². The predicted octanol–water partition coefficient (Wildman–Crippen LogP) is 7.24. The molecule has 31 heavy (non-hydrogen) atoms. The number of nitrogens with zero attached hydrogens (tertiary/aromatic N) is 2. The first-order valence-electron chi connectivity index (χ1n) is 9.58. The zero-order chi connectivity index (χ0) is 22.0. The van der Waals surface area contributed by atoms with Crippen molar-refractivity contribution in [2.45, 2.75) is 19.5 Å². The first kappa shape index (κ1) is 20.9. The van der Waals surface area contributed by atoms with Crippen LogP contribution >= 0.6 is 11.3 Å². The maximum atomic E-state index is 13.0. The number of rotatable bonds is 5. The third-order valence-electron chi connectivity index (χ3n) is 4.78. The van der Waals surface area contributed by atoms with Crippen molar-refractivity contribution >= 4 is 27.8 Å². The highest BCUT2D eigenvalue weighted by atomic mass is 32.1. The highest BCUT2D eigenvalue weighted by Crippen LogP contribution is 2.41. The molecule has 1 aromatic heterocycles. The molecule has 0 atom stereocenters. The summed E-state index contributed by atoms with van der Waals surface area (Å²) in [6, 6.07) is 22.6. The predicted molar refractivity (Wildman–Crippen MR) is 117 cm³/mol. The quantitative estimate of drug-likeness (QED) is 0.355. The number of anilines is 3. The third-order valence-corrected chi connectivity index (χ3v) is 5.81. The molecule has 1 heterocycles. The molecule has 158 valence electrons. The Labute approximate surface area is 182 Å². The summed E-state index contributed by atoms with van der Waals surface area (Å²) in [5.74, 6) is -0.176. The van der Waals surface area contributed by atoms with Crippen LogP contribution in [-0.4, -0.2) is 10.1 Å². The van der Waals surface area contributed by atoms with E-state index in [1.165, 1.54) is 17.4 Å². The lowest BCUT2D eigenvalue weighted by Gasteiger charge is -2.22. The van der Waals surface area contributed by atoms with E-state index in [-0.39, 0.29) is 12.3 Å². The van der Waals surface area contributed by atoms with Crippen molar-refractivity contribution in [3.05, 3.63) is 100 Å². The molecule has 0 aliphatic heterocycles. The molecule has 0 aliphatic rings. The molecule has 3 nitrogen and oxygen atoms in total. The molecule has 0 spiro atoms. The van der Waals surface area contributed by atoms with E-state index in [0.29, 0.717) is 15.6 Å². The molecule has 4 aromatic rings. The van der Waals surface area contributed by atoms with E-state index in [0.717, 1.165) is 29.1 Å². The van der Waals surface area contributed by atoms with Crippen molar-refractivity contribution in [1.82, 2.24) is 4.98 Å². The van der Waals surface area contributed by atoms with Gasteiger partial charge >= 0.3 is 6.18 Å². The molecule has 0 bridgehead atoms. The maximum Gasteiger partial charge on any atom is 0.416 e. The van der Waals surface area contributed by atoms with E-state index >= 15 is 0 Å². The van der Waals surface area contributed by atoms with Gasteiger partial charge < -0.3 is 5.11 Å². The highest BCUT2D eigenvalue weighted by Gasteiger charge is 2.30. The summed E-state index contributed by atoms with van der Waals surface area (Å²) in [6.07, 6.45) is -4.25. The number of hydrogen-bond donors (Lipinski definition) is 1. The molecule has 0 saturated carbocycles. The van der Waals surface area contributed by atoms with Crippen molar-refractivity contribution in [2.24, 2.45) is 0 Å². The van der Waals surface area contributed by atoms with Crippen LogP contribution in [0.2, 0.25) is 0 Å². The molecule has 0 aliphatic carbocycles. The first-order valence-corrected chi connectivity index (χ1v) is 10.4. The molecular weight excluding hydrogens is 421 g/mol. The topological polar surface area (TPSA) is 36.4 Å². The largest absolute Gasteiger partial charge is 0.492 e. The number of benzene rings is 3. The number of alkyl halides is 3. The smallest absolute Gasteiger partial charge is 0.416 e. The Hall–Kier alpha value is -3.32. The maximum absolute atomic E-state index is 13.0. The molecule has 0 fully saturated rings. The van der Waals surface area contributed by atoms with Crippen molar-refractivity contribution in [2.75, 3.05) is 4.90 Å². The molecule has 3 aromatic carbocycles. The fourth-order valence-electron chi connectivity index (χ4n) is 3.23. The molecule has 1 N–H and O–H groups in total.